The van der Waals surface area contributed by atoms with Crippen molar-refractivity contribution in [1.82, 2.24) is 4.90 Å². The predicted octanol–water partition coefficient (Wildman–Crippen LogP) is 1.92. The zero-order valence-corrected chi connectivity index (χ0v) is 9.97. The van der Waals surface area contributed by atoms with Crippen molar-refractivity contribution in [2.24, 2.45) is 5.92 Å². The van der Waals surface area contributed by atoms with Crippen LogP contribution < -0.4 is 5.32 Å². The van der Waals surface area contributed by atoms with Crippen LogP contribution in [0.15, 0.2) is 30.3 Å². The first-order chi connectivity index (χ1) is 8.15. The SMILES string of the molecule is CN(CC1CC(O)C1)C(=O)Nc1ccccc1. The molecule has 1 saturated carbocycles. The molecule has 92 valence electrons. The van der Waals surface area contributed by atoms with Crippen LogP contribution in [0.1, 0.15) is 12.8 Å². The number of hydrogen-bond donors (Lipinski definition) is 2. The fourth-order valence-corrected chi connectivity index (χ4v) is 2.06. The number of benzene rings is 1. The number of aliphatic hydroxyl groups is 1. The van der Waals surface area contributed by atoms with Crippen molar-refractivity contribution in [2.45, 2.75) is 18.9 Å². The molecule has 1 fully saturated rings. The van der Waals surface area contributed by atoms with E-state index in [1.807, 2.05) is 30.3 Å². The second-order valence-electron chi connectivity index (χ2n) is 4.67. The van der Waals surface area contributed by atoms with Gasteiger partial charge in [-0.25, -0.2) is 4.79 Å². The standard InChI is InChI=1S/C13H18N2O2/c1-15(9-10-7-12(16)8-10)13(17)14-11-5-3-2-4-6-11/h2-6,10,12,16H,7-9H2,1H3,(H,14,17). The Labute approximate surface area is 101 Å². The van der Waals surface area contributed by atoms with E-state index in [1.54, 1.807) is 11.9 Å². The third-order valence-electron chi connectivity index (χ3n) is 3.11. The second kappa shape index (κ2) is 5.19. The van der Waals surface area contributed by atoms with Gasteiger partial charge < -0.3 is 15.3 Å². The quantitative estimate of drug-likeness (QED) is 0.839. The molecule has 0 unspecified atom stereocenters. The van der Waals surface area contributed by atoms with E-state index in [-0.39, 0.29) is 12.1 Å². The molecule has 1 aromatic rings. The van der Waals surface area contributed by atoms with E-state index in [4.69, 9.17) is 0 Å². The summed E-state index contributed by atoms with van der Waals surface area (Å²) in [6.07, 6.45) is 1.46. The summed E-state index contributed by atoms with van der Waals surface area (Å²) < 4.78 is 0. The number of anilines is 1. The molecule has 4 heteroatoms. The summed E-state index contributed by atoms with van der Waals surface area (Å²) >= 11 is 0. The van der Waals surface area contributed by atoms with Gasteiger partial charge in [-0.2, -0.15) is 0 Å². The van der Waals surface area contributed by atoms with Crippen molar-refractivity contribution >= 4 is 11.7 Å². The molecule has 0 atom stereocenters. The summed E-state index contributed by atoms with van der Waals surface area (Å²) in [5.74, 6) is 0.441. The lowest BCUT2D eigenvalue weighted by molar-refractivity contribution is 0.0332. The Morgan fingerprint density at radius 2 is 2.06 bits per heavy atom. The number of nitrogens with zero attached hydrogens (tertiary/aromatic N) is 1. The lowest BCUT2D eigenvalue weighted by atomic mass is 9.82. The van der Waals surface area contributed by atoms with Crippen LogP contribution in [0.2, 0.25) is 0 Å². The fraction of sp³-hybridized carbons (Fsp3) is 0.462. The van der Waals surface area contributed by atoms with Gasteiger partial charge in [-0.05, 0) is 30.9 Å². The highest BCUT2D eigenvalue weighted by molar-refractivity contribution is 5.89. The monoisotopic (exact) mass is 234 g/mol. The third kappa shape index (κ3) is 3.20. The van der Waals surface area contributed by atoms with Crippen LogP contribution in [-0.2, 0) is 0 Å². The zero-order chi connectivity index (χ0) is 12.3. The maximum absolute atomic E-state index is 11.8. The van der Waals surface area contributed by atoms with Crippen molar-refractivity contribution in [3.8, 4) is 0 Å². The molecule has 0 bridgehead atoms. The lowest BCUT2D eigenvalue weighted by Gasteiger charge is -2.34. The molecule has 1 aliphatic rings. The van der Waals surface area contributed by atoms with Gasteiger partial charge in [0.1, 0.15) is 0 Å². The van der Waals surface area contributed by atoms with E-state index in [0.29, 0.717) is 12.5 Å². The largest absolute Gasteiger partial charge is 0.393 e. The predicted molar refractivity (Wildman–Crippen MR) is 66.8 cm³/mol. The molecule has 0 saturated heterocycles. The van der Waals surface area contributed by atoms with Gasteiger partial charge in [0, 0.05) is 19.3 Å². The van der Waals surface area contributed by atoms with E-state index in [2.05, 4.69) is 5.32 Å². The summed E-state index contributed by atoms with van der Waals surface area (Å²) in [5, 5.41) is 12.0. The summed E-state index contributed by atoms with van der Waals surface area (Å²) in [6, 6.07) is 9.31. The van der Waals surface area contributed by atoms with Crippen LogP contribution in [0, 0.1) is 5.92 Å². The average Bonchev–Trinajstić information content (AvgIpc) is 2.28. The van der Waals surface area contributed by atoms with Crippen LogP contribution in [0.5, 0.6) is 0 Å². The molecule has 1 aliphatic carbocycles. The Kier molecular flexibility index (Phi) is 3.64. The first kappa shape index (κ1) is 11.9. The molecule has 0 spiro atoms. The minimum atomic E-state index is -0.161. The van der Waals surface area contributed by atoms with E-state index in [9.17, 15) is 9.90 Å². The van der Waals surface area contributed by atoms with E-state index in [0.717, 1.165) is 18.5 Å². The normalized spacial score (nSPS) is 22.7. The Morgan fingerprint density at radius 1 is 1.41 bits per heavy atom. The number of rotatable bonds is 3. The van der Waals surface area contributed by atoms with Gasteiger partial charge in [-0.3, -0.25) is 0 Å². The number of para-hydroxylation sites is 1. The fourth-order valence-electron chi connectivity index (χ4n) is 2.06. The summed E-state index contributed by atoms with van der Waals surface area (Å²) in [6.45, 7) is 0.704. The highest BCUT2D eigenvalue weighted by atomic mass is 16.3. The van der Waals surface area contributed by atoms with Crippen LogP contribution in [0.4, 0.5) is 10.5 Å². The summed E-state index contributed by atoms with van der Waals surface area (Å²) in [5.41, 5.74) is 0.804. The molecule has 0 aromatic heterocycles. The Balaban J connectivity index is 1.79. The number of aliphatic hydroxyl groups excluding tert-OH is 1. The lowest BCUT2D eigenvalue weighted by Crippen LogP contribution is -2.41. The first-order valence-electron chi connectivity index (χ1n) is 5.90. The number of nitrogens with one attached hydrogen (secondary N) is 1. The number of hydrogen-bond acceptors (Lipinski definition) is 2. The molecule has 0 radical (unpaired) electrons. The number of carbonyl (C=O) groups is 1. The van der Waals surface area contributed by atoms with Crippen molar-refractivity contribution in [2.75, 3.05) is 18.9 Å². The van der Waals surface area contributed by atoms with Crippen LogP contribution in [0.25, 0.3) is 0 Å². The third-order valence-corrected chi connectivity index (χ3v) is 3.11. The van der Waals surface area contributed by atoms with Gasteiger partial charge in [0.15, 0.2) is 0 Å². The minimum Gasteiger partial charge on any atom is -0.393 e. The maximum Gasteiger partial charge on any atom is 0.321 e. The molecule has 0 aliphatic heterocycles. The Morgan fingerprint density at radius 3 is 2.65 bits per heavy atom. The molecule has 2 amide bonds. The molecule has 0 heterocycles. The zero-order valence-electron chi connectivity index (χ0n) is 9.97. The molecule has 2 N–H and O–H groups in total. The van der Waals surface area contributed by atoms with Gasteiger partial charge in [-0.1, -0.05) is 18.2 Å². The van der Waals surface area contributed by atoms with Gasteiger partial charge in [0.2, 0.25) is 0 Å². The molecular weight excluding hydrogens is 216 g/mol. The molecule has 4 nitrogen and oxygen atoms in total. The van der Waals surface area contributed by atoms with Gasteiger partial charge >= 0.3 is 6.03 Å². The van der Waals surface area contributed by atoms with E-state index < -0.39 is 0 Å². The Hall–Kier alpha value is -1.55. The topological polar surface area (TPSA) is 52.6 Å². The van der Waals surface area contributed by atoms with E-state index >= 15 is 0 Å². The van der Waals surface area contributed by atoms with Crippen molar-refractivity contribution in [1.29, 1.82) is 0 Å². The number of amides is 2. The molecule has 17 heavy (non-hydrogen) atoms. The van der Waals surface area contributed by atoms with Crippen LogP contribution in [-0.4, -0.2) is 35.7 Å². The number of urea groups is 1. The van der Waals surface area contributed by atoms with Gasteiger partial charge in [0.05, 0.1) is 6.10 Å². The highest BCUT2D eigenvalue weighted by Gasteiger charge is 2.28. The second-order valence-corrected chi connectivity index (χ2v) is 4.67. The smallest absolute Gasteiger partial charge is 0.321 e. The summed E-state index contributed by atoms with van der Waals surface area (Å²) in [7, 11) is 1.78. The summed E-state index contributed by atoms with van der Waals surface area (Å²) in [4.78, 5) is 13.5. The van der Waals surface area contributed by atoms with Crippen LogP contribution >= 0.6 is 0 Å². The number of carbonyl (C=O) groups excluding carboxylic acids is 1. The molecule has 2 rings (SSSR count). The van der Waals surface area contributed by atoms with Gasteiger partial charge in [-0.15, -0.1) is 0 Å². The first-order valence-corrected chi connectivity index (χ1v) is 5.90. The van der Waals surface area contributed by atoms with Crippen molar-refractivity contribution in [3.63, 3.8) is 0 Å². The van der Waals surface area contributed by atoms with E-state index in [1.165, 1.54) is 0 Å². The minimum absolute atomic E-state index is 0.0995. The maximum atomic E-state index is 11.8. The van der Waals surface area contributed by atoms with Crippen LogP contribution in [0.3, 0.4) is 0 Å². The molecule has 1 aromatic carbocycles. The van der Waals surface area contributed by atoms with Crippen molar-refractivity contribution < 1.29 is 9.90 Å². The average molecular weight is 234 g/mol. The Bertz CT molecular complexity index is 374. The van der Waals surface area contributed by atoms with Crippen molar-refractivity contribution in [3.05, 3.63) is 30.3 Å². The highest BCUT2D eigenvalue weighted by Crippen LogP contribution is 2.27. The van der Waals surface area contributed by atoms with Gasteiger partial charge in [0.25, 0.3) is 0 Å². The molecular formula is C13H18N2O2.